The number of rotatable bonds is 7. The summed E-state index contributed by atoms with van der Waals surface area (Å²) in [4.78, 5) is 25.2. The molecule has 3 aromatic rings. The fourth-order valence-corrected chi connectivity index (χ4v) is 3.86. The van der Waals surface area contributed by atoms with E-state index in [1.165, 1.54) is 11.3 Å². The van der Waals surface area contributed by atoms with Crippen LogP contribution in [-0.4, -0.2) is 43.0 Å². The number of nitrogens with one attached hydrogen (secondary N) is 2. The average molecular weight is 505 g/mol. The summed E-state index contributed by atoms with van der Waals surface area (Å²) < 4.78 is 46.1. The van der Waals surface area contributed by atoms with Crippen LogP contribution in [-0.2, 0) is 16.1 Å². The molecule has 0 radical (unpaired) electrons. The first-order valence-electron chi connectivity index (χ1n) is 10.2. The molecule has 1 aromatic carbocycles. The Bertz CT molecular complexity index is 1340. The van der Waals surface area contributed by atoms with Gasteiger partial charge in [-0.25, -0.2) is 13.2 Å². The number of ether oxygens (including phenoxy) is 1. The number of Topliss-reactive ketones (excluding diaryl/α,β-unsaturated/α-hetero) is 1. The number of H-pyrrole nitrogens is 1. The van der Waals surface area contributed by atoms with Crippen molar-refractivity contribution in [2.24, 2.45) is 0 Å². The lowest BCUT2D eigenvalue weighted by atomic mass is 9.98. The number of halogens is 3. The molecule has 1 amide bonds. The summed E-state index contributed by atoms with van der Waals surface area (Å²) in [6, 6.07) is 2.54. The maximum atomic E-state index is 14.0. The molecule has 13 heteroatoms. The van der Waals surface area contributed by atoms with Crippen molar-refractivity contribution in [1.82, 2.24) is 25.7 Å². The molecule has 3 heterocycles. The predicted octanol–water partition coefficient (Wildman–Crippen LogP) is 3.13. The number of carbonyl (C=O) groups is 2. The molecule has 35 heavy (non-hydrogen) atoms. The van der Waals surface area contributed by atoms with E-state index in [1.807, 2.05) is 19.9 Å². The first-order chi connectivity index (χ1) is 16.6. The minimum atomic E-state index is -2.64. The maximum Gasteiger partial charge on any atom is 0.309 e. The van der Waals surface area contributed by atoms with Crippen LogP contribution in [0.4, 0.5) is 13.2 Å². The monoisotopic (exact) mass is 505 g/mol. The summed E-state index contributed by atoms with van der Waals surface area (Å²) in [5, 5.41) is 29.0. The second-order valence-corrected chi connectivity index (χ2v) is 8.90. The van der Waals surface area contributed by atoms with Gasteiger partial charge in [-0.2, -0.15) is 5.10 Å². The van der Waals surface area contributed by atoms with Gasteiger partial charge in [-0.3, -0.25) is 14.7 Å². The average Bonchev–Trinajstić information content (AvgIpc) is 3.46. The van der Waals surface area contributed by atoms with Crippen molar-refractivity contribution in [3.05, 3.63) is 75.9 Å². The van der Waals surface area contributed by atoms with Crippen molar-refractivity contribution in [3.8, 4) is 10.7 Å². The summed E-state index contributed by atoms with van der Waals surface area (Å²) in [5.41, 5.74) is 0.0464. The van der Waals surface area contributed by atoms with Crippen molar-refractivity contribution in [2.75, 3.05) is 0 Å². The van der Waals surface area contributed by atoms with Gasteiger partial charge in [0.1, 0.15) is 28.2 Å². The third kappa shape index (κ3) is 5.00. The standard InChI is InChI=1S/C22H18F3N5O4S/c1-10(2)15-7-16(28-27-15)20-30-29-17(35-20)9-26-21(32)22(33)8-11(3-4-34-22)19(31)18-13(24)5-12(23)6-14(18)25/h3-8,10,33H,9H2,1-2H3,(H,26,32)(H,27,28). The van der Waals surface area contributed by atoms with Gasteiger partial charge >= 0.3 is 5.79 Å². The van der Waals surface area contributed by atoms with Crippen LogP contribution in [0.2, 0.25) is 0 Å². The number of nitrogens with zero attached hydrogens (tertiary/aromatic N) is 3. The van der Waals surface area contributed by atoms with Gasteiger partial charge in [0.2, 0.25) is 0 Å². The number of hydrogen-bond acceptors (Lipinski definition) is 8. The summed E-state index contributed by atoms with van der Waals surface area (Å²) in [6.07, 6.45) is 2.55. The van der Waals surface area contributed by atoms with E-state index in [4.69, 9.17) is 4.74 Å². The Morgan fingerprint density at radius 3 is 2.57 bits per heavy atom. The zero-order valence-corrected chi connectivity index (χ0v) is 19.1. The Morgan fingerprint density at radius 2 is 1.91 bits per heavy atom. The Labute approximate surface area is 200 Å². The van der Waals surface area contributed by atoms with Crippen LogP contribution in [0.3, 0.4) is 0 Å². The van der Waals surface area contributed by atoms with Gasteiger partial charge in [-0.05, 0) is 18.1 Å². The molecule has 4 rings (SSSR count). The number of benzene rings is 1. The van der Waals surface area contributed by atoms with Crippen LogP contribution < -0.4 is 5.32 Å². The van der Waals surface area contributed by atoms with Crippen LogP contribution in [0.25, 0.3) is 10.7 Å². The van der Waals surface area contributed by atoms with Crippen molar-refractivity contribution < 1.29 is 32.6 Å². The lowest BCUT2D eigenvalue weighted by molar-refractivity contribution is -0.171. The molecule has 1 atom stereocenters. The SMILES string of the molecule is CC(C)c1cc(-c2nnc(CNC(=O)C3(O)C=C(C(=O)c4c(F)cc(F)cc4F)C=CO3)s2)n[nH]1. The van der Waals surface area contributed by atoms with Gasteiger partial charge in [0, 0.05) is 29.5 Å². The summed E-state index contributed by atoms with van der Waals surface area (Å²) in [5.74, 6) is -8.72. The molecule has 1 aliphatic heterocycles. The first-order valence-corrected chi connectivity index (χ1v) is 11.0. The molecular formula is C22H18F3N5O4S. The molecule has 0 aliphatic carbocycles. The third-order valence-corrected chi connectivity index (χ3v) is 5.92. The van der Waals surface area contributed by atoms with Crippen LogP contribution in [0.5, 0.6) is 0 Å². The van der Waals surface area contributed by atoms with E-state index < -0.39 is 46.1 Å². The van der Waals surface area contributed by atoms with Gasteiger partial charge in [0.25, 0.3) is 5.91 Å². The number of ketones is 1. The van der Waals surface area contributed by atoms with Crippen molar-refractivity contribution in [1.29, 1.82) is 0 Å². The highest BCUT2D eigenvalue weighted by Gasteiger charge is 2.39. The summed E-state index contributed by atoms with van der Waals surface area (Å²) in [6.45, 7) is 3.88. The smallest absolute Gasteiger partial charge is 0.309 e. The van der Waals surface area contributed by atoms with Gasteiger partial charge in [-0.1, -0.05) is 25.2 Å². The minimum Gasteiger partial charge on any atom is -0.458 e. The Kier molecular flexibility index (Phi) is 6.54. The number of aromatic amines is 1. The highest BCUT2D eigenvalue weighted by molar-refractivity contribution is 7.14. The molecule has 0 saturated carbocycles. The highest BCUT2D eigenvalue weighted by atomic mass is 32.1. The number of aromatic nitrogens is 4. The van der Waals surface area contributed by atoms with Gasteiger partial charge in [-0.15, -0.1) is 10.2 Å². The Balaban J connectivity index is 1.46. The van der Waals surface area contributed by atoms with E-state index in [2.05, 4.69) is 25.7 Å². The summed E-state index contributed by atoms with van der Waals surface area (Å²) >= 11 is 1.17. The molecule has 3 N–H and O–H groups in total. The molecule has 2 aromatic heterocycles. The van der Waals surface area contributed by atoms with Crippen molar-refractivity contribution >= 4 is 23.0 Å². The second kappa shape index (κ2) is 9.43. The van der Waals surface area contributed by atoms with E-state index in [9.17, 15) is 27.9 Å². The molecule has 9 nitrogen and oxygen atoms in total. The van der Waals surface area contributed by atoms with Crippen LogP contribution >= 0.6 is 11.3 Å². The van der Waals surface area contributed by atoms with Crippen molar-refractivity contribution in [3.63, 3.8) is 0 Å². The highest BCUT2D eigenvalue weighted by Crippen LogP contribution is 2.26. The second-order valence-electron chi connectivity index (χ2n) is 7.84. The van der Waals surface area contributed by atoms with E-state index in [-0.39, 0.29) is 12.5 Å². The Hall–Kier alpha value is -3.84. The lowest BCUT2D eigenvalue weighted by Gasteiger charge is -2.25. The van der Waals surface area contributed by atoms with E-state index in [0.29, 0.717) is 33.9 Å². The van der Waals surface area contributed by atoms with Gasteiger partial charge in [0.15, 0.2) is 10.8 Å². The fourth-order valence-electron chi connectivity index (χ4n) is 3.12. The largest absolute Gasteiger partial charge is 0.458 e. The normalized spacial score (nSPS) is 17.3. The number of hydrogen-bond donors (Lipinski definition) is 3. The van der Waals surface area contributed by atoms with Crippen molar-refractivity contribution in [2.45, 2.75) is 32.1 Å². The zero-order chi connectivity index (χ0) is 25.3. The van der Waals surface area contributed by atoms with Gasteiger partial charge < -0.3 is 15.2 Å². The number of aliphatic hydroxyl groups is 1. The van der Waals surface area contributed by atoms with E-state index >= 15 is 0 Å². The lowest BCUT2D eigenvalue weighted by Crippen LogP contribution is -2.47. The fraction of sp³-hybridized carbons (Fsp3) is 0.227. The van der Waals surface area contributed by atoms with E-state index in [0.717, 1.165) is 18.0 Å². The number of carbonyl (C=O) groups excluding carboxylic acids is 2. The van der Waals surface area contributed by atoms with Gasteiger partial charge in [0.05, 0.1) is 18.4 Å². The topological polar surface area (TPSA) is 130 Å². The maximum absolute atomic E-state index is 14.0. The minimum absolute atomic E-state index is 0.133. The first kappa shape index (κ1) is 24.3. The van der Waals surface area contributed by atoms with Crippen LogP contribution in [0, 0.1) is 17.5 Å². The molecule has 1 unspecified atom stereocenters. The molecule has 0 bridgehead atoms. The molecular weight excluding hydrogens is 487 g/mol. The number of allylic oxidation sites excluding steroid dienone is 2. The van der Waals surface area contributed by atoms with E-state index in [1.54, 1.807) is 0 Å². The third-order valence-electron chi connectivity index (χ3n) is 4.97. The molecule has 1 aliphatic rings. The quantitative estimate of drug-likeness (QED) is 0.421. The van der Waals surface area contributed by atoms with Crippen LogP contribution in [0.15, 0.2) is 42.2 Å². The molecule has 0 fully saturated rings. The van der Waals surface area contributed by atoms with Crippen LogP contribution in [0.1, 0.15) is 40.8 Å². The molecule has 182 valence electrons. The summed E-state index contributed by atoms with van der Waals surface area (Å²) in [7, 11) is 0. The molecule has 0 spiro atoms. The Morgan fingerprint density at radius 1 is 1.20 bits per heavy atom. The predicted molar refractivity (Wildman–Crippen MR) is 117 cm³/mol. The molecule has 0 saturated heterocycles. The number of amides is 1. The zero-order valence-electron chi connectivity index (χ0n) is 18.3.